The van der Waals surface area contributed by atoms with Crippen LogP contribution in [0.3, 0.4) is 0 Å². The van der Waals surface area contributed by atoms with E-state index in [1.807, 2.05) is 0 Å². The molecule has 0 aromatic carbocycles. The molecule has 1 nitrogen and oxygen atoms in total. The Bertz CT molecular complexity index is 136. The van der Waals surface area contributed by atoms with E-state index < -0.39 is 0 Å². The third-order valence-electron chi connectivity index (χ3n) is 2.33. The smallest absolute Gasteiger partial charge is 0.110 e. The van der Waals surface area contributed by atoms with Crippen molar-refractivity contribution in [3.63, 3.8) is 0 Å². The van der Waals surface area contributed by atoms with E-state index in [-0.39, 0.29) is 10.9 Å². The molecule has 1 heterocycles. The van der Waals surface area contributed by atoms with E-state index in [0.717, 1.165) is 19.3 Å². The zero-order chi connectivity index (χ0) is 9.14. The molecular formula is C9H16Cl2O. The fourth-order valence-corrected chi connectivity index (χ4v) is 1.99. The summed E-state index contributed by atoms with van der Waals surface area (Å²) in [5, 5.41) is 0. The highest BCUT2D eigenvalue weighted by atomic mass is 35.5. The standard InChI is InChI=1S/C9H16Cl2O/c1-6(2)8-4-3-7(12-8)5-9(10)11/h6-9H,3-5H2,1-2H3/t7-,8+/m1/s1. The molecule has 72 valence electrons. The topological polar surface area (TPSA) is 9.23 Å². The van der Waals surface area contributed by atoms with Gasteiger partial charge in [-0.1, -0.05) is 13.8 Å². The van der Waals surface area contributed by atoms with Gasteiger partial charge in [0.1, 0.15) is 4.84 Å². The Labute approximate surface area is 84.4 Å². The second-order valence-electron chi connectivity index (χ2n) is 3.74. The molecule has 0 N–H and O–H groups in total. The molecular weight excluding hydrogens is 195 g/mol. The third-order valence-corrected chi connectivity index (χ3v) is 2.68. The minimum Gasteiger partial charge on any atom is -0.375 e. The van der Waals surface area contributed by atoms with Crippen molar-refractivity contribution in [2.45, 2.75) is 50.2 Å². The molecule has 1 rings (SSSR count). The zero-order valence-electron chi connectivity index (χ0n) is 7.59. The lowest BCUT2D eigenvalue weighted by atomic mass is 10.0. The number of rotatable bonds is 3. The molecule has 0 aromatic rings. The van der Waals surface area contributed by atoms with E-state index in [9.17, 15) is 0 Å². The first-order chi connectivity index (χ1) is 5.59. The summed E-state index contributed by atoms with van der Waals surface area (Å²) >= 11 is 11.3. The molecule has 0 unspecified atom stereocenters. The van der Waals surface area contributed by atoms with E-state index in [1.54, 1.807) is 0 Å². The van der Waals surface area contributed by atoms with Crippen LogP contribution in [0.4, 0.5) is 0 Å². The highest BCUT2D eigenvalue weighted by Gasteiger charge is 2.28. The summed E-state index contributed by atoms with van der Waals surface area (Å²) in [7, 11) is 0. The number of hydrogen-bond donors (Lipinski definition) is 0. The van der Waals surface area contributed by atoms with Gasteiger partial charge in [0.15, 0.2) is 0 Å². The van der Waals surface area contributed by atoms with Gasteiger partial charge >= 0.3 is 0 Å². The molecule has 3 heteroatoms. The predicted molar refractivity (Wildman–Crippen MR) is 52.8 cm³/mol. The molecule has 0 amide bonds. The van der Waals surface area contributed by atoms with Crippen molar-refractivity contribution in [1.82, 2.24) is 0 Å². The Morgan fingerprint density at radius 3 is 2.42 bits per heavy atom. The van der Waals surface area contributed by atoms with Gasteiger partial charge in [-0.3, -0.25) is 0 Å². The third kappa shape index (κ3) is 3.12. The Hall–Kier alpha value is 0.540. The molecule has 2 atom stereocenters. The summed E-state index contributed by atoms with van der Waals surface area (Å²) in [5.74, 6) is 0.610. The van der Waals surface area contributed by atoms with Crippen LogP contribution in [0.2, 0.25) is 0 Å². The van der Waals surface area contributed by atoms with Gasteiger partial charge in [0.2, 0.25) is 0 Å². The highest BCUT2D eigenvalue weighted by molar-refractivity contribution is 6.44. The number of halogens is 2. The van der Waals surface area contributed by atoms with Crippen molar-refractivity contribution < 1.29 is 4.74 Å². The predicted octanol–water partition coefficient (Wildman–Crippen LogP) is 3.38. The van der Waals surface area contributed by atoms with Gasteiger partial charge in [-0.05, 0) is 18.8 Å². The zero-order valence-corrected chi connectivity index (χ0v) is 9.11. The molecule has 0 bridgehead atoms. The molecule has 0 aromatic heterocycles. The van der Waals surface area contributed by atoms with Gasteiger partial charge < -0.3 is 4.74 Å². The minimum atomic E-state index is -0.277. The second kappa shape index (κ2) is 4.69. The van der Waals surface area contributed by atoms with Crippen molar-refractivity contribution in [2.75, 3.05) is 0 Å². The Kier molecular flexibility index (Phi) is 4.15. The summed E-state index contributed by atoms with van der Waals surface area (Å²) in [6.45, 7) is 4.37. The molecule has 0 aliphatic carbocycles. The Morgan fingerprint density at radius 1 is 1.33 bits per heavy atom. The molecule has 1 aliphatic heterocycles. The highest BCUT2D eigenvalue weighted by Crippen LogP contribution is 2.29. The fraction of sp³-hybridized carbons (Fsp3) is 1.00. The quantitative estimate of drug-likeness (QED) is 0.650. The fourth-order valence-electron chi connectivity index (χ4n) is 1.60. The van der Waals surface area contributed by atoms with Crippen LogP contribution < -0.4 is 0 Å². The summed E-state index contributed by atoms with van der Waals surface area (Å²) in [5.41, 5.74) is 0. The molecule has 0 spiro atoms. The molecule has 0 radical (unpaired) electrons. The first kappa shape index (κ1) is 10.6. The van der Waals surface area contributed by atoms with Crippen LogP contribution in [-0.2, 0) is 4.74 Å². The summed E-state index contributed by atoms with van der Waals surface area (Å²) in [6, 6.07) is 0. The van der Waals surface area contributed by atoms with Crippen molar-refractivity contribution in [3.05, 3.63) is 0 Å². The number of ether oxygens (including phenoxy) is 1. The van der Waals surface area contributed by atoms with Crippen LogP contribution >= 0.6 is 23.2 Å². The lowest BCUT2D eigenvalue weighted by Gasteiger charge is -2.16. The number of alkyl halides is 2. The molecule has 1 saturated heterocycles. The summed E-state index contributed by atoms with van der Waals surface area (Å²) in [6.07, 6.45) is 3.74. The lowest BCUT2D eigenvalue weighted by Crippen LogP contribution is -2.17. The van der Waals surface area contributed by atoms with Crippen LogP contribution in [0.1, 0.15) is 33.1 Å². The van der Waals surface area contributed by atoms with Crippen molar-refractivity contribution >= 4 is 23.2 Å². The van der Waals surface area contributed by atoms with Crippen LogP contribution in [0.15, 0.2) is 0 Å². The van der Waals surface area contributed by atoms with Gasteiger partial charge in [0.05, 0.1) is 12.2 Å². The number of hydrogen-bond acceptors (Lipinski definition) is 1. The molecule has 1 fully saturated rings. The summed E-state index contributed by atoms with van der Waals surface area (Å²) < 4.78 is 5.76. The van der Waals surface area contributed by atoms with Crippen LogP contribution in [-0.4, -0.2) is 17.0 Å². The second-order valence-corrected chi connectivity index (χ2v) is 5.02. The summed E-state index contributed by atoms with van der Waals surface area (Å²) in [4.78, 5) is -0.277. The van der Waals surface area contributed by atoms with Gasteiger partial charge in [0, 0.05) is 6.42 Å². The maximum absolute atomic E-state index is 5.76. The molecule has 12 heavy (non-hydrogen) atoms. The monoisotopic (exact) mass is 210 g/mol. The molecule has 1 aliphatic rings. The molecule has 0 saturated carbocycles. The van der Waals surface area contributed by atoms with Crippen molar-refractivity contribution in [2.24, 2.45) is 5.92 Å². The average Bonchev–Trinajstić information content (AvgIpc) is 2.34. The van der Waals surface area contributed by atoms with Crippen LogP contribution in [0, 0.1) is 5.92 Å². The Morgan fingerprint density at radius 2 is 2.00 bits per heavy atom. The Balaban J connectivity index is 2.26. The van der Waals surface area contributed by atoms with E-state index in [2.05, 4.69) is 13.8 Å². The van der Waals surface area contributed by atoms with E-state index in [0.29, 0.717) is 12.0 Å². The van der Waals surface area contributed by atoms with Crippen LogP contribution in [0.5, 0.6) is 0 Å². The lowest BCUT2D eigenvalue weighted by molar-refractivity contribution is 0.0176. The minimum absolute atomic E-state index is 0.277. The van der Waals surface area contributed by atoms with Crippen molar-refractivity contribution in [1.29, 1.82) is 0 Å². The van der Waals surface area contributed by atoms with Crippen LogP contribution in [0.25, 0.3) is 0 Å². The largest absolute Gasteiger partial charge is 0.375 e. The van der Waals surface area contributed by atoms with E-state index in [1.165, 1.54) is 0 Å². The van der Waals surface area contributed by atoms with E-state index in [4.69, 9.17) is 27.9 Å². The first-order valence-electron chi connectivity index (χ1n) is 4.53. The normalized spacial score (nSPS) is 30.5. The SMILES string of the molecule is CC(C)[C@@H]1CC[C@H](CC(Cl)Cl)O1. The average molecular weight is 211 g/mol. The van der Waals surface area contributed by atoms with Gasteiger partial charge in [0.25, 0.3) is 0 Å². The van der Waals surface area contributed by atoms with Gasteiger partial charge in [-0.15, -0.1) is 23.2 Å². The maximum atomic E-state index is 5.76. The van der Waals surface area contributed by atoms with E-state index >= 15 is 0 Å². The maximum Gasteiger partial charge on any atom is 0.110 e. The van der Waals surface area contributed by atoms with Gasteiger partial charge in [-0.2, -0.15) is 0 Å². The van der Waals surface area contributed by atoms with Gasteiger partial charge in [-0.25, -0.2) is 0 Å². The van der Waals surface area contributed by atoms with Crippen molar-refractivity contribution in [3.8, 4) is 0 Å². The first-order valence-corrected chi connectivity index (χ1v) is 5.40.